The van der Waals surface area contributed by atoms with Gasteiger partial charge in [-0.1, -0.05) is 17.7 Å². The van der Waals surface area contributed by atoms with Gasteiger partial charge in [0.2, 0.25) is 0 Å². The Morgan fingerprint density at radius 3 is 3.00 bits per heavy atom. The van der Waals surface area contributed by atoms with Crippen molar-refractivity contribution in [1.29, 1.82) is 5.26 Å². The molecule has 2 heterocycles. The summed E-state index contributed by atoms with van der Waals surface area (Å²) in [6.45, 7) is 1.65. The highest BCUT2D eigenvalue weighted by atomic mass is 35.5. The largest absolute Gasteiger partial charge is 0.370 e. The highest BCUT2D eigenvalue weighted by molar-refractivity contribution is 6.29. The van der Waals surface area contributed by atoms with E-state index in [0.717, 1.165) is 30.9 Å². The fraction of sp³-hybridized carbons (Fsp3) is 0.294. The van der Waals surface area contributed by atoms with E-state index in [9.17, 15) is 4.39 Å². The average molecular weight is 314 g/mol. The van der Waals surface area contributed by atoms with Crippen LogP contribution >= 0.6 is 11.6 Å². The van der Waals surface area contributed by atoms with Gasteiger partial charge in [-0.3, -0.25) is 0 Å². The van der Waals surface area contributed by atoms with Gasteiger partial charge in [-0.05, 0) is 42.7 Å². The lowest BCUT2D eigenvalue weighted by atomic mass is 10.0. The standard InChI is InChI=1S/C17H13ClFN3/c18-16-3-1-2-15(21-16)17-7-12(17)9-22(10-17)14-5-11(8-20)4-13(19)6-14/h1-6,12H,7,9-10H2. The molecule has 1 aliphatic heterocycles. The zero-order valence-corrected chi connectivity index (χ0v) is 12.5. The molecule has 2 aliphatic rings. The topological polar surface area (TPSA) is 39.9 Å². The van der Waals surface area contributed by atoms with E-state index < -0.39 is 0 Å². The molecule has 1 aliphatic carbocycles. The number of hydrogen-bond donors (Lipinski definition) is 0. The van der Waals surface area contributed by atoms with Crippen molar-refractivity contribution in [3.63, 3.8) is 0 Å². The van der Waals surface area contributed by atoms with Crippen LogP contribution in [0.3, 0.4) is 0 Å². The normalized spacial score (nSPS) is 25.7. The molecule has 4 rings (SSSR count). The number of fused-ring (bicyclic) bond motifs is 1. The van der Waals surface area contributed by atoms with Crippen molar-refractivity contribution in [2.75, 3.05) is 18.0 Å². The van der Waals surface area contributed by atoms with Gasteiger partial charge in [0.1, 0.15) is 11.0 Å². The second kappa shape index (κ2) is 4.69. The summed E-state index contributed by atoms with van der Waals surface area (Å²) in [4.78, 5) is 6.60. The Morgan fingerprint density at radius 1 is 1.36 bits per heavy atom. The van der Waals surface area contributed by atoms with Crippen molar-refractivity contribution in [3.8, 4) is 6.07 Å². The van der Waals surface area contributed by atoms with Crippen molar-refractivity contribution in [2.45, 2.75) is 11.8 Å². The van der Waals surface area contributed by atoms with E-state index >= 15 is 0 Å². The summed E-state index contributed by atoms with van der Waals surface area (Å²) >= 11 is 6.01. The molecule has 0 N–H and O–H groups in total. The van der Waals surface area contributed by atoms with Crippen LogP contribution in [0.25, 0.3) is 0 Å². The molecular formula is C17H13ClFN3. The molecule has 1 aromatic carbocycles. The van der Waals surface area contributed by atoms with Gasteiger partial charge >= 0.3 is 0 Å². The predicted molar refractivity (Wildman–Crippen MR) is 82.4 cm³/mol. The van der Waals surface area contributed by atoms with Crippen molar-refractivity contribution in [3.05, 3.63) is 58.6 Å². The Balaban J connectivity index is 1.64. The third-order valence-corrected chi connectivity index (χ3v) is 4.96. The number of benzene rings is 1. The Labute approximate surface area is 133 Å². The predicted octanol–water partition coefficient (Wildman–Crippen LogP) is 3.52. The summed E-state index contributed by atoms with van der Waals surface area (Å²) in [6, 6.07) is 12.2. The van der Waals surface area contributed by atoms with Gasteiger partial charge in [0.25, 0.3) is 0 Å². The summed E-state index contributed by atoms with van der Waals surface area (Å²) in [5, 5.41) is 9.50. The van der Waals surface area contributed by atoms with Gasteiger partial charge in [0, 0.05) is 24.2 Å². The number of nitriles is 1. The number of nitrogens with zero attached hydrogens (tertiary/aromatic N) is 3. The van der Waals surface area contributed by atoms with Crippen LogP contribution < -0.4 is 4.90 Å². The van der Waals surface area contributed by atoms with Gasteiger partial charge < -0.3 is 4.90 Å². The zero-order valence-electron chi connectivity index (χ0n) is 11.8. The Hall–Kier alpha value is -2.12. The first kappa shape index (κ1) is 13.5. The molecule has 0 amide bonds. The lowest BCUT2D eigenvalue weighted by Gasteiger charge is -2.23. The molecule has 2 fully saturated rings. The number of pyridine rings is 1. The van der Waals surface area contributed by atoms with Crippen LogP contribution in [0, 0.1) is 23.1 Å². The average Bonchev–Trinajstić information content (AvgIpc) is 3.09. The fourth-order valence-corrected chi connectivity index (χ4v) is 3.75. The maximum absolute atomic E-state index is 13.6. The molecule has 1 saturated heterocycles. The second-order valence-corrected chi connectivity index (χ2v) is 6.48. The van der Waals surface area contributed by atoms with E-state index in [1.54, 1.807) is 12.1 Å². The number of anilines is 1. The third-order valence-electron chi connectivity index (χ3n) is 4.75. The monoisotopic (exact) mass is 313 g/mol. The molecular weight excluding hydrogens is 301 g/mol. The van der Waals surface area contributed by atoms with E-state index in [1.807, 2.05) is 18.2 Å². The fourth-order valence-electron chi connectivity index (χ4n) is 3.58. The van der Waals surface area contributed by atoms with Crippen molar-refractivity contribution >= 4 is 17.3 Å². The van der Waals surface area contributed by atoms with E-state index in [0.29, 0.717) is 16.6 Å². The van der Waals surface area contributed by atoms with Crippen LogP contribution in [-0.4, -0.2) is 18.1 Å². The zero-order chi connectivity index (χ0) is 15.3. The molecule has 0 radical (unpaired) electrons. The highest BCUT2D eigenvalue weighted by Crippen LogP contribution is 2.59. The number of halogens is 2. The van der Waals surface area contributed by atoms with Crippen LogP contribution in [0.2, 0.25) is 5.15 Å². The summed E-state index contributed by atoms with van der Waals surface area (Å²) < 4.78 is 13.6. The van der Waals surface area contributed by atoms with E-state index in [-0.39, 0.29) is 11.2 Å². The lowest BCUT2D eigenvalue weighted by molar-refractivity contribution is 0.625. The van der Waals surface area contributed by atoms with Gasteiger partial charge in [-0.25, -0.2) is 9.37 Å². The van der Waals surface area contributed by atoms with E-state index in [4.69, 9.17) is 16.9 Å². The van der Waals surface area contributed by atoms with Crippen LogP contribution in [0.15, 0.2) is 36.4 Å². The van der Waals surface area contributed by atoms with Crippen LogP contribution in [-0.2, 0) is 5.41 Å². The Bertz CT molecular complexity index is 801. The highest BCUT2D eigenvalue weighted by Gasteiger charge is 2.61. The molecule has 1 saturated carbocycles. The first-order valence-electron chi connectivity index (χ1n) is 7.19. The van der Waals surface area contributed by atoms with Crippen molar-refractivity contribution < 1.29 is 4.39 Å². The lowest BCUT2D eigenvalue weighted by Crippen LogP contribution is -2.26. The van der Waals surface area contributed by atoms with Crippen LogP contribution in [0.1, 0.15) is 17.7 Å². The van der Waals surface area contributed by atoms with E-state index in [2.05, 4.69) is 9.88 Å². The molecule has 5 heteroatoms. The SMILES string of the molecule is N#Cc1cc(F)cc(N2CC3CC3(c3cccc(Cl)n3)C2)c1. The third kappa shape index (κ3) is 2.05. The van der Waals surface area contributed by atoms with Crippen molar-refractivity contribution in [2.24, 2.45) is 5.92 Å². The number of aromatic nitrogens is 1. The molecule has 2 aromatic rings. The quantitative estimate of drug-likeness (QED) is 0.796. The Morgan fingerprint density at radius 2 is 2.23 bits per heavy atom. The van der Waals surface area contributed by atoms with Gasteiger partial charge in [0.05, 0.1) is 17.3 Å². The van der Waals surface area contributed by atoms with Gasteiger partial charge in [-0.2, -0.15) is 5.26 Å². The smallest absolute Gasteiger partial charge is 0.129 e. The minimum absolute atomic E-state index is 0.0318. The van der Waals surface area contributed by atoms with Crippen LogP contribution in [0.4, 0.5) is 10.1 Å². The minimum Gasteiger partial charge on any atom is -0.370 e. The molecule has 110 valence electrons. The molecule has 2 unspecified atom stereocenters. The summed E-state index contributed by atoms with van der Waals surface area (Å²) in [6.07, 6.45) is 1.09. The van der Waals surface area contributed by atoms with Crippen LogP contribution in [0.5, 0.6) is 0 Å². The molecule has 2 atom stereocenters. The molecule has 1 aromatic heterocycles. The summed E-state index contributed by atoms with van der Waals surface area (Å²) in [5.74, 6) is 0.150. The number of piperidine rings is 1. The summed E-state index contributed by atoms with van der Waals surface area (Å²) in [5.41, 5.74) is 2.17. The first-order chi connectivity index (χ1) is 10.6. The first-order valence-corrected chi connectivity index (χ1v) is 7.57. The number of hydrogen-bond acceptors (Lipinski definition) is 3. The number of rotatable bonds is 2. The van der Waals surface area contributed by atoms with Crippen molar-refractivity contribution in [1.82, 2.24) is 4.98 Å². The summed E-state index contributed by atoms with van der Waals surface area (Å²) in [7, 11) is 0. The second-order valence-electron chi connectivity index (χ2n) is 6.09. The minimum atomic E-state index is -0.371. The molecule has 0 spiro atoms. The van der Waals surface area contributed by atoms with E-state index in [1.165, 1.54) is 12.1 Å². The Kier molecular flexibility index (Phi) is 2.88. The van der Waals surface area contributed by atoms with Gasteiger partial charge in [0.15, 0.2) is 0 Å². The van der Waals surface area contributed by atoms with Gasteiger partial charge in [-0.15, -0.1) is 0 Å². The molecule has 0 bridgehead atoms. The molecule has 3 nitrogen and oxygen atoms in total. The maximum atomic E-state index is 13.6. The maximum Gasteiger partial charge on any atom is 0.129 e. The molecule has 22 heavy (non-hydrogen) atoms.